The summed E-state index contributed by atoms with van der Waals surface area (Å²) >= 11 is 0. The van der Waals surface area contributed by atoms with Crippen LogP contribution in [0.5, 0.6) is 11.5 Å². The first kappa shape index (κ1) is 39.9. The first-order valence-corrected chi connectivity index (χ1v) is 22.5. The van der Waals surface area contributed by atoms with E-state index in [1.165, 1.54) is 12.1 Å². The summed E-state index contributed by atoms with van der Waals surface area (Å²) < 4.78 is 20.4. The van der Waals surface area contributed by atoms with E-state index in [1.807, 2.05) is 83.7 Å². The van der Waals surface area contributed by atoms with E-state index in [1.54, 1.807) is 31.3 Å². The molecule has 57 heavy (non-hydrogen) atoms. The molecule has 7 rings (SSSR count). The number of aromatic nitrogens is 3. The topological polar surface area (TPSA) is 148 Å². The molecule has 13 heteroatoms. The molecule has 0 bridgehead atoms. The van der Waals surface area contributed by atoms with E-state index in [2.05, 4.69) is 47.8 Å². The van der Waals surface area contributed by atoms with Crippen molar-refractivity contribution >= 4 is 36.4 Å². The highest BCUT2D eigenvalue weighted by atomic mass is 28.3. The van der Waals surface area contributed by atoms with Gasteiger partial charge in [-0.15, -0.1) is 5.10 Å². The molecule has 0 aliphatic carbocycles. The molecule has 0 radical (unpaired) electrons. The summed E-state index contributed by atoms with van der Waals surface area (Å²) in [7, 11) is 0.871. The third kappa shape index (κ3) is 7.48. The number of hydrogen-bond donors (Lipinski definition) is 3. The van der Waals surface area contributed by atoms with Gasteiger partial charge in [-0.25, -0.2) is 0 Å². The second kappa shape index (κ2) is 16.3. The summed E-state index contributed by atoms with van der Waals surface area (Å²) in [5, 5.41) is 32.8. The number of nitrogens with one attached hydrogen (secondary N) is 1. The van der Waals surface area contributed by atoms with Crippen LogP contribution in [-0.4, -0.2) is 78.1 Å². The van der Waals surface area contributed by atoms with Gasteiger partial charge >= 0.3 is 0 Å². The third-order valence-corrected chi connectivity index (χ3v) is 16.3. The van der Waals surface area contributed by atoms with Crippen LogP contribution in [0.1, 0.15) is 48.6 Å². The van der Waals surface area contributed by atoms with Crippen molar-refractivity contribution in [1.29, 1.82) is 0 Å². The molecular formula is C44H51N5O7Si. The average Bonchev–Trinajstić information content (AvgIpc) is 3.88. The van der Waals surface area contributed by atoms with Crippen molar-refractivity contribution in [2.45, 2.75) is 75.7 Å². The van der Waals surface area contributed by atoms with Crippen LogP contribution in [0.2, 0.25) is 18.6 Å². The minimum atomic E-state index is -2.41. The molecule has 2 amide bonds. The Bertz CT molecular complexity index is 2190. The van der Waals surface area contributed by atoms with E-state index >= 15 is 4.79 Å². The number of nitrogens with zero attached hydrogens (tertiary/aromatic N) is 4. The number of carbonyl (C=O) groups excluding carboxylic acids is 2. The van der Waals surface area contributed by atoms with Crippen molar-refractivity contribution in [3.05, 3.63) is 126 Å². The van der Waals surface area contributed by atoms with Crippen LogP contribution >= 0.6 is 0 Å². The van der Waals surface area contributed by atoms with E-state index in [0.29, 0.717) is 30.1 Å². The van der Waals surface area contributed by atoms with Gasteiger partial charge in [0.25, 0.3) is 11.8 Å². The van der Waals surface area contributed by atoms with Crippen molar-refractivity contribution in [3.8, 4) is 11.5 Å². The summed E-state index contributed by atoms with van der Waals surface area (Å²) in [6.07, 6.45) is 1.02. The minimum Gasteiger partial charge on any atom is -0.497 e. The van der Waals surface area contributed by atoms with Crippen molar-refractivity contribution < 1.29 is 34.0 Å². The molecule has 0 saturated carbocycles. The van der Waals surface area contributed by atoms with E-state index in [4.69, 9.17) is 14.2 Å². The molecule has 1 unspecified atom stereocenters. The molecule has 2 aliphatic heterocycles. The number of amides is 2. The Morgan fingerprint density at radius 3 is 2.32 bits per heavy atom. The number of ether oxygens (including phenoxy) is 3. The number of fused-ring (bicyclic) bond motifs is 2. The van der Waals surface area contributed by atoms with E-state index < -0.39 is 25.7 Å². The van der Waals surface area contributed by atoms with Gasteiger partial charge in [0.05, 0.1) is 58.8 Å². The fourth-order valence-corrected chi connectivity index (χ4v) is 12.9. The Hall–Kier alpha value is -5.34. The average molecular weight is 790 g/mol. The first-order valence-electron chi connectivity index (χ1n) is 19.4. The summed E-state index contributed by atoms with van der Waals surface area (Å²) in [4.78, 5) is 29.2. The van der Waals surface area contributed by atoms with Gasteiger partial charge in [0.1, 0.15) is 17.6 Å². The number of aliphatic hydroxyl groups excluding tert-OH is 2. The normalized spacial score (nSPS) is 21.4. The quantitative estimate of drug-likeness (QED) is 0.123. The predicted molar refractivity (Wildman–Crippen MR) is 221 cm³/mol. The SMILES string of the molecule is COc1ccc([Si](C)(C)[C@@H]2[C@@H](CCn3cc(C(CO)c4ccccc4)nn3)O[C@]3(C(=O)N(Cc4ccc(NC(=O)[C@H](C)O)cc4)c4ccc(OC)cc43)[C@H]2C)cc1. The zero-order chi connectivity index (χ0) is 40.5. The fourth-order valence-electron chi connectivity index (χ4n) is 8.87. The van der Waals surface area contributed by atoms with Crippen LogP contribution in [-0.2, 0) is 33.0 Å². The minimum absolute atomic E-state index is 0.00292. The maximum atomic E-state index is 15.3. The van der Waals surface area contributed by atoms with Crippen LogP contribution in [0.25, 0.3) is 0 Å². The summed E-state index contributed by atoms with van der Waals surface area (Å²) in [5.41, 5.74) is 3.32. The van der Waals surface area contributed by atoms with Crippen molar-refractivity contribution in [2.75, 3.05) is 31.0 Å². The molecule has 1 fully saturated rings. The lowest BCUT2D eigenvalue weighted by molar-refractivity contribution is -0.146. The molecule has 1 aromatic heterocycles. The Kier molecular flexibility index (Phi) is 11.4. The number of aliphatic hydroxyl groups is 2. The molecule has 3 N–H and O–H groups in total. The van der Waals surface area contributed by atoms with Gasteiger partial charge in [-0.3, -0.25) is 14.3 Å². The van der Waals surface area contributed by atoms with Crippen molar-refractivity contribution in [3.63, 3.8) is 0 Å². The Labute approximate surface area is 334 Å². The molecule has 12 nitrogen and oxygen atoms in total. The van der Waals surface area contributed by atoms with E-state index in [0.717, 1.165) is 28.1 Å². The van der Waals surface area contributed by atoms with Crippen LogP contribution < -0.4 is 24.9 Å². The van der Waals surface area contributed by atoms with Gasteiger partial charge in [-0.1, -0.05) is 85.0 Å². The van der Waals surface area contributed by atoms with Crippen molar-refractivity contribution in [2.24, 2.45) is 5.92 Å². The van der Waals surface area contributed by atoms with Crippen LogP contribution in [0, 0.1) is 5.92 Å². The molecule has 298 valence electrons. The largest absolute Gasteiger partial charge is 0.497 e. The third-order valence-electron chi connectivity index (χ3n) is 11.9. The van der Waals surface area contributed by atoms with Gasteiger partial charge in [-0.05, 0) is 72.5 Å². The molecule has 1 saturated heterocycles. The number of hydrogen-bond acceptors (Lipinski definition) is 9. The number of anilines is 2. The Balaban J connectivity index is 1.24. The lowest BCUT2D eigenvalue weighted by Gasteiger charge is -2.37. The van der Waals surface area contributed by atoms with Gasteiger partial charge in [0.15, 0.2) is 5.60 Å². The number of benzene rings is 4. The highest BCUT2D eigenvalue weighted by Gasteiger charge is 2.66. The maximum Gasteiger partial charge on any atom is 0.264 e. The Morgan fingerprint density at radius 1 is 0.982 bits per heavy atom. The maximum absolute atomic E-state index is 15.3. The molecule has 5 aromatic rings. The number of methoxy groups -OCH3 is 2. The molecular weight excluding hydrogens is 739 g/mol. The highest BCUT2D eigenvalue weighted by Crippen LogP contribution is 2.60. The second-order valence-corrected chi connectivity index (χ2v) is 20.3. The first-order chi connectivity index (χ1) is 27.4. The summed E-state index contributed by atoms with van der Waals surface area (Å²) in [6.45, 7) is 8.97. The lowest BCUT2D eigenvalue weighted by atomic mass is 9.82. The molecule has 1 spiro atoms. The van der Waals surface area contributed by atoms with Gasteiger partial charge in [0.2, 0.25) is 0 Å². The fraction of sp³-hybridized carbons (Fsp3) is 0.364. The lowest BCUT2D eigenvalue weighted by Crippen LogP contribution is -2.51. The Morgan fingerprint density at radius 2 is 1.67 bits per heavy atom. The number of aryl methyl sites for hydroxylation is 1. The van der Waals surface area contributed by atoms with Crippen LogP contribution in [0.15, 0.2) is 103 Å². The molecule has 2 aliphatic rings. The second-order valence-electron chi connectivity index (χ2n) is 15.6. The molecule has 6 atom stereocenters. The standard InChI is InChI=1S/C44H51N5O7Si/c1-28-41(57(5,6)35-19-16-33(54-3)17-20-35)40(22-23-48-26-38(46-47-48)36(27-50)31-10-8-7-9-11-31)56-44(28)37-24-34(55-4)18-21-39(37)49(43(44)53)25-30-12-14-32(15-13-30)45-42(52)29(2)51/h7-21,24,26,28-29,36,40-41,50-51H,22-23,25,27H2,1-6H3,(H,45,52)/t28-,29-,36?,40+,41-,44+/m0/s1. The van der Waals surface area contributed by atoms with Gasteiger partial charge < -0.3 is 34.6 Å². The number of carbonyl (C=O) groups is 2. The number of rotatable bonds is 14. The monoisotopic (exact) mass is 789 g/mol. The van der Waals surface area contributed by atoms with Crippen LogP contribution in [0.4, 0.5) is 11.4 Å². The van der Waals surface area contributed by atoms with E-state index in [9.17, 15) is 15.0 Å². The van der Waals surface area contributed by atoms with E-state index in [-0.39, 0.29) is 42.5 Å². The summed E-state index contributed by atoms with van der Waals surface area (Å²) in [6, 6.07) is 31.1. The zero-order valence-electron chi connectivity index (χ0n) is 33.3. The molecule has 3 heterocycles. The van der Waals surface area contributed by atoms with Crippen LogP contribution in [0.3, 0.4) is 0 Å². The zero-order valence-corrected chi connectivity index (χ0v) is 34.3. The van der Waals surface area contributed by atoms with Gasteiger partial charge in [-0.2, -0.15) is 0 Å². The predicted octanol–water partition coefficient (Wildman–Crippen LogP) is 5.59. The molecule has 4 aromatic carbocycles. The smallest absolute Gasteiger partial charge is 0.264 e. The van der Waals surface area contributed by atoms with Crippen molar-refractivity contribution in [1.82, 2.24) is 15.0 Å². The summed E-state index contributed by atoms with van der Waals surface area (Å²) in [5.74, 6) is 0.269. The highest BCUT2D eigenvalue weighted by molar-refractivity contribution is 6.91. The van der Waals surface area contributed by atoms with Gasteiger partial charge in [0, 0.05) is 29.9 Å².